The van der Waals surface area contributed by atoms with Crippen molar-refractivity contribution in [3.8, 4) is 0 Å². The number of nitrogens with one attached hydrogen (secondary N) is 1. The number of alkyl halides is 3. The van der Waals surface area contributed by atoms with Crippen LogP contribution in [0.2, 0.25) is 0 Å². The Balaban J connectivity index is 1.45. The normalized spacial score (nSPS) is 15.5. The molecule has 0 saturated heterocycles. The number of H-pyrrole nitrogens is 1. The fourth-order valence-corrected chi connectivity index (χ4v) is 5.65. The summed E-state index contributed by atoms with van der Waals surface area (Å²) in [5.74, 6) is 0. The zero-order valence-corrected chi connectivity index (χ0v) is 24.5. The number of aliphatic hydroxyl groups is 5. The van der Waals surface area contributed by atoms with E-state index in [1.54, 1.807) is 19.2 Å². The number of aromatic nitrogens is 2. The van der Waals surface area contributed by atoms with Crippen molar-refractivity contribution >= 4 is 21.8 Å². The summed E-state index contributed by atoms with van der Waals surface area (Å²) >= 11 is 0. The lowest BCUT2D eigenvalue weighted by molar-refractivity contribution is -0.136. The third-order valence-electron chi connectivity index (χ3n) is 8.15. The summed E-state index contributed by atoms with van der Waals surface area (Å²) in [5, 5.41) is 48.6. The fraction of sp³-hybridized carbons (Fsp3) is 0.633. The number of nitrogens with zero attached hydrogens (tertiary/aromatic N) is 2. The Morgan fingerprint density at radius 2 is 1.50 bits per heavy atom. The third kappa shape index (κ3) is 8.12. The number of fused-ring (bicyclic) bond motifs is 3. The van der Waals surface area contributed by atoms with Gasteiger partial charge in [0.2, 0.25) is 5.56 Å². The van der Waals surface area contributed by atoms with Gasteiger partial charge >= 0.3 is 6.18 Å². The first-order chi connectivity index (χ1) is 19.8. The van der Waals surface area contributed by atoms with Crippen LogP contribution in [-0.4, -0.2) is 91.1 Å². The average molecular weight is 600 g/mol. The van der Waals surface area contributed by atoms with Crippen molar-refractivity contribution < 1.29 is 38.7 Å². The van der Waals surface area contributed by atoms with E-state index in [2.05, 4.69) is 9.55 Å². The van der Waals surface area contributed by atoms with Crippen LogP contribution < -0.4 is 5.56 Å². The molecule has 0 amide bonds. The van der Waals surface area contributed by atoms with Crippen LogP contribution in [0, 0.1) is 13.8 Å². The topological polar surface area (TPSA) is 142 Å². The number of unbranched alkanes of at least 4 members (excludes halogenated alkanes) is 6. The number of benzene rings is 1. The zero-order valence-electron chi connectivity index (χ0n) is 24.5. The van der Waals surface area contributed by atoms with Crippen LogP contribution in [0.5, 0.6) is 0 Å². The van der Waals surface area contributed by atoms with E-state index in [9.17, 15) is 38.4 Å². The molecule has 0 spiro atoms. The lowest BCUT2D eigenvalue weighted by Gasteiger charge is -2.28. The lowest BCUT2D eigenvalue weighted by atomic mass is 10.0. The van der Waals surface area contributed by atoms with E-state index in [-0.39, 0.29) is 17.4 Å². The van der Waals surface area contributed by atoms with Gasteiger partial charge in [-0.1, -0.05) is 32.1 Å². The van der Waals surface area contributed by atoms with Gasteiger partial charge in [-0.05, 0) is 58.0 Å². The molecule has 42 heavy (non-hydrogen) atoms. The summed E-state index contributed by atoms with van der Waals surface area (Å²) in [6.07, 6.45) is -3.73. The Hall–Kier alpha value is -2.48. The summed E-state index contributed by atoms with van der Waals surface area (Å²) in [6.45, 7) is 4.53. The third-order valence-corrected chi connectivity index (χ3v) is 8.15. The molecular weight excluding hydrogens is 555 g/mol. The molecule has 0 saturated carbocycles. The molecule has 12 heteroatoms. The molecule has 9 nitrogen and oxygen atoms in total. The molecule has 3 aromatic rings. The highest BCUT2D eigenvalue weighted by molar-refractivity contribution is 6.09. The van der Waals surface area contributed by atoms with Crippen LogP contribution in [0.3, 0.4) is 0 Å². The lowest BCUT2D eigenvalue weighted by Crippen LogP contribution is -2.49. The number of aliphatic hydroxyl groups excluding tert-OH is 5. The maximum atomic E-state index is 13.8. The molecule has 0 fully saturated rings. The van der Waals surface area contributed by atoms with Gasteiger partial charge in [-0.25, -0.2) is 0 Å². The van der Waals surface area contributed by atoms with Gasteiger partial charge in [0.25, 0.3) is 0 Å². The number of aromatic amines is 1. The first-order valence-corrected chi connectivity index (χ1v) is 14.5. The number of hydrogen-bond acceptors (Lipinski definition) is 7. The second-order valence-electron chi connectivity index (χ2n) is 11.3. The Labute approximate surface area is 243 Å². The highest BCUT2D eigenvalue weighted by Gasteiger charge is 2.35. The summed E-state index contributed by atoms with van der Waals surface area (Å²) in [7, 11) is 1.80. The second-order valence-corrected chi connectivity index (χ2v) is 11.3. The SMILES string of the molecule is Cc1c(C)n(CCCCCCCCCN(C)C[C@H](O)[C@H](O)[C@@H](O)[C@@H](O)CO)c2ccc3[nH]c(=O)cc(C(F)(F)F)c3c12. The van der Waals surface area contributed by atoms with Gasteiger partial charge < -0.3 is 40.0 Å². The highest BCUT2D eigenvalue weighted by atomic mass is 19.4. The number of hydrogen-bond donors (Lipinski definition) is 6. The van der Waals surface area contributed by atoms with E-state index in [4.69, 9.17) is 5.11 Å². The molecular formula is C30H44F3N3O6. The van der Waals surface area contributed by atoms with Crippen LogP contribution in [0.1, 0.15) is 61.8 Å². The minimum Gasteiger partial charge on any atom is -0.394 e. The maximum Gasteiger partial charge on any atom is 0.417 e. The summed E-state index contributed by atoms with van der Waals surface area (Å²) in [5.41, 5.74) is 0.914. The van der Waals surface area contributed by atoms with Crippen molar-refractivity contribution in [1.82, 2.24) is 14.5 Å². The summed E-state index contributed by atoms with van der Waals surface area (Å²) < 4.78 is 43.6. The van der Waals surface area contributed by atoms with Crippen LogP contribution in [0.15, 0.2) is 23.0 Å². The number of pyridine rings is 1. The molecule has 3 rings (SSSR count). The van der Waals surface area contributed by atoms with Crippen molar-refractivity contribution in [3.05, 3.63) is 45.4 Å². The zero-order chi connectivity index (χ0) is 31.2. The van der Waals surface area contributed by atoms with Crippen molar-refractivity contribution in [2.45, 2.75) is 95.9 Å². The Kier molecular flexibility index (Phi) is 12.0. The molecule has 0 aliphatic carbocycles. The summed E-state index contributed by atoms with van der Waals surface area (Å²) in [4.78, 5) is 16.3. The maximum absolute atomic E-state index is 13.8. The molecule has 0 aliphatic heterocycles. The molecule has 2 aromatic heterocycles. The van der Waals surface area contributed by atoms with E-state index in [0.29, 0.717) is 24.5 Å². The van der Waals surface area contributed by atoms with Crippen molar-refractivity contribution in [2.24, 2.45) is 0 Å². The largest absolute Gasteiger partial charge is 0.417 e. The smallest absolute Gasteiger partial charge is 0.394 e. The molecule has 4 atom stereocenters. The minimum atomic E-state index is -4.64. The highest BCUT2D eigenvalue weighted by Crippen LogP contribution is 2.39. The average Bonchev–Trinajstić information content (AvgIpc) is 3.18. The van der Waals surface area contributed by atoms with Crippen LogP contribution in [0.25, 0.3) is 21.8 Å². The molecule has 0 radical (unpaired) electrons. The Morgan fingerprint density at radius 1 is 0.905 bits per heavy atom. The van der Waals surface area contributed by atoms with Gasteiger partial charge in [-0.15, -0.1) is 0 Å². The first-order valence-electron chi connectivity index (χ1n) is 14.5. The molecule has 0 bridgehead atoms. The van der Waals surface area contributed by atoms with Crippen LogP contribution in [-0.2, 0) is 12.7 Å². The molecule has 6 N–H and O–H groups in total. The monoisotopic (exact) mass is 599 g/mol. The predicted octanol–water partition coefficient (Wildman–Crippen LogP) is 3.22. The number of halogens is 3. The van der Waals surface area contributed by atoms with E-state index in [1.807, 2.05) is 18.7 Å². The summed E-state index contributed by atoms with van der Waals surface area (Å²) in [6, 6.07) is 3.97. The first kappa shape index (κ1) is 34.0. The minimum absolute atomic E-state index is 0.0355. The van der Waals surface area contributed by atoms with Gasteiger partial charge in [0.15, 0.2) is 0 Å². The molecule has 236 valence electrons. The van der Waals surface area contributed by atoms with E-state index >= 15 is 0 Å². The van der Waals surface area contributed by atoms with Crippen LogP contribution in [0.4, 0.5) is 13.2 Å². The quantitative estimate of drug-likeness (QED) is 0.139. The Bertz CT molecular complexity index is 1370. The standard InChI is InChI=1S/C30H44F3N3O6/c1-18-19(2)36(22-12-11-21-27(26(18)22)20(30(31,32)33)15-25(40)34-21)14-10-8-6-4-5-7-9-13-35(3)16-23(38)28(41)29(42)24(39)17-37/h11-12,15,23-24,28-29,37-39,41-42H,4-10,13-14,16-17H2,1-3H3,(H,34,40)/t23-,24-,28-,29-/m0/s1. The second kappa shape index (κ2) is 14.8. The van der Waals surface area contributed by atoms with E-state index in [0.717, 1.165) is 61.7 Å². The molecule has 1 aromatic carbocycles. The predicted molar refractivity (Wildman–Crippen MR) is 155 cm³/mol. The number of likely N-dealkylation sites (N-methyl/N-ethyl adjacent to an activating group) is 1. The molecule has 2 heterocycles. The van der Waals surface area contributed by atoms with Crippen molar-refractivity contribution in [3.63, 3.8) is 0 Å². The molecule has 0 aliphatic rings. The number of rotatable bonds is 16. The van der Waals surface area contributed by atoms with Gasteiger partial charge in [-0.3, -0.25) is 4.79 Å². The fourth-order valence-electron chi connectivity index (χ4n) is 5.65. The van der Waals surface area contributed by atoms with E-state index in [1.165, 1.54) is 0 Å². The Morgan fingerprint density at radius 3 is 2.12 bits per heavy atom. The van der Waals surface area contributed by atoms with Crippen LogP contribution >= 0.6 is 0 Å². The van der Waals surface area contributed by atoms with Crippen molar-refractivity contribution in [1.29, 1.82) is 0 Å². The van der Waals surface area contributed by atoms with Gasteiger partial charge in [0, 0.05) is 46.7 Å². The van der Waals surface area contributed by atoms with Gasteiger partial charge in [-0.2, -0.15) is 13.2 Å². The van der Waals surface area contributed by atoms with Gasteiger partial charge in [0.05, 0.1) is 18.3 Å². The van der Waals surface area contributed by atoms with E-state index < -0.39 is 48.3 Å². The molecule has 0 unspecified atom stereocenters. The van der Waals surface area contributed by atoms with Crippen molar-refractivity contribution in [2.75, 3.05) is 26.7 Å². The van der Waals surface area contributed by atoms with Gasteiger partial charge in [0.1, 0.15) is 18.3 Å². The number of aryl methyl sites for hydroxylation is 2.